The van der Waals surface area contributed by atoms with Gasteiger partial charge in [0.1, 0.15) is 0 Å². The maximum absolute atomic E-state index is 11.7. The summed E-state index contributed by atoms with van der Waals surface area (Å²) in [4.78, 5) is 11.7. The van der Waals surface area contributed by atoms with E-state index in [9.17, 15) is 4.79 Å². The van der Waals surface area contributed by atoms with Gasteiger partial charge in [0.2, 0.25) is 5.91 Å². The Morgan fingerprint density at radius 2 is 2.00 bits per heavy atom. The van der Waals surface area contributed by atoms with Gasteiger partial charge in [-0.2, -0.15) is 0 Å². The highest BCUT2D eigenvalue weighted by Crippen LogP contribution is 2.44. The Kier molecular flexibility index (Phi) is 4.83. The number of aliphatic hydroxyl groups excluding tert-OH is 1. The van der Waals surface area contributed by atoms with Gasteiger partial charge in [-0.15, -0.1) is 0 Å². The molecule has 0 aromatic heterocycles. The zero-order valence-electron chi connectivity index (χ0n) is 11.0. The number of benzene rings is 1. The number of aryl methyl sites for hydroxylation is 1. The lowest BCUT2D eigenvalue weighted by molar-refractivity contribution is -0.121. The fourth-order valence-electron chi connectivity index (χ4n) is 2.05. The molecule has 2 N–H and O–H groups in total. The Labute approximate surface area is 119 Å². The maximum Gasteiger partial charge on any atom is 0.220 e. The lowest BCUT2D eigenvalue weighted by atomic mass is 10.1. The van der Waals surface area contributed by atoms with E-state index < -0.39 is 0 Å². The van der Waals surface area contributed by atoms with Crippen LogP contribution in [0.4, 0.5) is 0 Å². The van der Waals surface area contributed by atoms with Crippen LogP contribution in [0.15, 0.2) is 24.3 Å². The number of amides is 1. The number of halogens is 1. The lowest BCUT2D eigenvalue weighted by Gasteiger charge is -2.12. The van der Waals surface area contributed by atoms with Crippen LogP contribution in [0.3, 0.4) is 0 Å². The van der Waals surface area contributed by atoms with Crippen LogP contribution in [0.1, 0.15) is 31.2 Å². The highest BCUT2D eigenvalue weighted by Gasteiger charge is 2.41. The molecule has 0 unspecified atom stereocenters. The van der Waals surface area contributed by atoms with Crippen LogP contribution < -0.4 is 5.32 Å². The van der Waals surface area contributed by atoms with Gasteiger partial charge in [-0.1, -0.05) is 23.7 Å². The Morgan fingerprint density at radius 3 is 2.58 bits per heavy atom. The average molecular weight is 282 g/mol. The SMILES string of the molecule is O=C(CCCc1ccc(Cl)cc1)NCC1(CO)CC1. The van der Waals surface area contributed by atoms with Crippen molar-refractivity contribution in [1.82, 2.24) is 5.32 Å². The topological polar surface area (TPSA) is 49.3 Å². The molecule has 19 heavy (non-hydrogen) atoms. The summed E-state index contributed by atoms with van der Waals surface area (Å²) in [5.41, 5.74) is 1.19. The van der Waals surface area contributed by atoms with Crippen molar-refractivity contribution in [2.45, 2.75) is 32.1 Å². The van der Waals surface area contributed by atoms with Crippen molar-refractivity contribution in [3.05, 3.63) is 34.9 Å². The fourth-order valence-corrected chi connectivity index (χ4v) is 2.17. The van der Waals surface area contributed by atoms with Crippen molar-refractivity contribution in [3.8, 4) is 0 Å². The maximum atomic E-state index is 11.7. The highest BCUT2D eigenvalue weighted by atomic mass is 35.5. The van der Waals surface area contributed by atoms with Gasteiger partial charge in [-0.05, 0) is 43.4 Å². The van der Waals surface area contributed by atoms with Gasteiger partial charge in [0.15, 0.2) is 0 Å². The van der Waals surface area contributed by atoms with E-state index in [0.29, 0.717) is 13.0 Å². The summed E-state index contributed by atoms with van der Waals surface area (Å²) < 4.78 is 0. The minimum Gasteiger partial charge on any atom is -0.396 e. The number of aliphatic hydroxyl groups is 1. The first-order chi connectivity index (χ1) is 9.13. The quantitative estimate of drug-likeness (QED) is 0.807. The molecule has 2 rings (SSSR count). The fraction of sp³-hybridized carbons (Fsp3) is 0.533. The summed E-state index contributed by atoms with van der Waals surface area (Å²) in [6.07, 6.45) is 4.29. The number of rotatable bonds is 7. The van der Waals surface area contributed by atoms with Crippen LogP contribution in [-0.4, -0.2) is 24.2 Å². The van der Waals surface area contributed by atoms with Crippen molar-refractivity contribution in [2.75, 3.05) is 13.2 Å². The highest BCUT2D eigenvalue weighted by molar-refractivity contribution is 6.30. The summed E-state index contributed by atoms with van der Waals surface area (Å²) in [5, 5.41) is 12.8. The normalized spacial score (nSPS) is 16.1. The van der Waals surface area contributed by atoms with E-state index in [0.717, 1.165) is 30.7 Å². The number of carbonyl (C=O) groups excluding carboxylic acids is 1. The molecule has 0 radical (unpaired) electrons. The second kappa shape index (κ2) is 6.40. The van der Waals surface area contributed by atoms with Gasteiger partial charge in [-0.25, -0.2) is 0 Å². The molecule has 0 saturated heterocycles. The molecule has 3 nitrogen and oxygen atoms in total. The molecule has 0 atom stereocenters. The van der Waals surface area contributed by atoms with Gasteiger partial charge in [0.25, 0.3) is 0 Å². The van der Waals surface area contributed by atoms with Crippen molar-refractivity contribution in [2.24, 2.45) is 5.41 Å². The number of carbonyl (C=O) groups is 1. The number of hydrogen-bond acceptors (Lipinski definition) is 2. The van der Waals surface area contributed by atoms with Crippen LogP contribution in [0.25, 0.3) is 0 Å². The first-order valence-electron chi connectivity index (χ1n) is 6.76. The smallest absolute Gasteiger partial charge is 0.220 e. The molecule has 1 aliphatic carbocycles. The predicted octanol–water partition coefficient (Wildman–Crippen LogP) is 2.55. The monoisotopic (exact) mass is 281 g/mol. The summed E-state index contributed by atoms with van der Waals surface area (Å²) >= 11 is 5.82. The molecule has 4 heteroatoms. The number of hydrogen-bond donors (Lipinski definition) is 2. The van der Waals surface area contributed by atoms with Crippen LogP contribution in [0.2, 0.25) is 5.02 Å². The van der Waals surface area contributed by atoms with Crippen molar-refractivity contribution in [1.29, 1.82) is 0 Å². The van der Waals surface area contributed by atoms with E-state index in [2.05, 4.69) is 5.32 Å². The zero-order valence-corrected chi connectivity index (χ0v) is 11.7. The summed E-state index contributed by atoms with van der Waals surface area (Å²) in [6, 6.07) is 7.72. The standard InChI is InChI=1S/C15H20ClNO2/c16-13-6-4-12(5-7-13)2-1-3-14(19)17-10-15(11-18)8-9-15/h4-7,18H,1-3,8-11H2,(H,17,19). The average Bonchev–Trinajstić information content (AvgIpc) is 3.19. The molecule has 104 valence electrons. The predicted molar refractivity (Wildman–Crippen MR) is 76.2 cm³/mol. The molecule has 0 heterocycles. The molecule has 1 aromatic carbocycles. The lowest BCUT2D eigenvalue weighted by Crippen LogP contribution is -2.31. The second-order valence-electron chi connectivity index (χ2n) is 5.41. The van der Waals surface area contributed by atoms with Gasteiger partial charge in [-0.3, -0.25) is 4.79 Å². The Bertz CT molecular complexity index is 426. The third-order valence-corrected chi connectivity index (χ3v) is 3.99. The molecule has 1 saturated carbocycles. The van der Waals surface area contributed by atoms with Crippen LogP contribution >= 0.6 is 11.6 Å². The van der Waals surface area contributed by atoms with Crippen LogP contribution in [-0.2, 0) is 11.2 Å². The first-order valence-corrected chi connectivity index (χ1v) is 7.13. The first kappa shape index (κ1) is 14.4. The summed E-state index contributed by atoms with van der Waals surface area (Å²) in [7, 11) is 0. The third-order valence-electron chi connectivity index (χ3n) is 3.74. The minimum absolute atomic E-state index is 0.00810. The molecular formula is C15H20ClNO2. The van der Waals surface area contributed by atoms with Gasteiger partial charge >= 0.3 is 0 Å². The van der Waals surface area contributed by atoms with Crippen molar-refractivity contribution >= 4 is 17.5 Å². The molecule has 1 fully saturated rings. The largest absolute Gasteiger partial charge is 0.396 e. The van der Waals surface area contributed by atoms with Gasteiger partial charge in [0.05, 0.1) is 6.61 Å². The molecule has 0 bridgehead atoms. The van der Waals surface area contributed by atoms with E-state index in [1.807, 2.05) is 24.3 Å². The van der Waals surface area contributed by atoms with Crippen molar-refractivity contribution in [3.63, 3.8) is 0 Å². The molecule has 1 amide bonds. The van der Waals surface area contributed by atoms with Crippen molar-refractivity contribution < 1.29 is 9.90 Å². The van der Waals surface area contributed by atoms with E-state index in [-0.39, 0.29) is 17.9 Å². The van der Waals surface area contributed by atoms with Crippen LogP contribution in [0, 0.1) is 5.41 Å². The second-order valence-corrected chi connectivity index (χ2v) is 5.85. The molecular weight excluding hydrogens is 262 g/mol. The molecule has 0 aliphatic heterocycles. The van der Waals surface area contributed by atoms with Gasteiger partial charge in [0, 0.05) is 23.4 Å². The van der Waals surface area contributed by atoms with Gasteiger partial charge < -0.3 is 10.4 Å². The third kappa shape index (κ3) is 4.51. The number of nitrogens with one attached hydrogen (secondary N) is 1. The Balaban J connectivity index is 1.62. The molecule has 1 aromatic rings. The zero-order chi connectivity index (χ0) is 13.7. The molecule has 0 spiro atoms. The van der Waals surface area contributed by atoms with E-state index >= 15 is 0 Å². The summed E-state index contributed by atoms with van der Waals surface area (Å²) in [6.45, 7) is 0.793. The Hall–Kier alpha value is -1.06. The molecule has 1 aliphatic rings. The van der Waals surface area contributed by atoms with E-state index in [4.69, 9.17) is 16.7 Å². The Morgan fingerprint density at radius 1 is 1.32 bits per heavy atom. The summed E-state index contributed by atoms with van der Waals surface area (Å²) in [5.74, 6) is 0.0775. The van der Waals surface area contributed by atoms with E-state index in [1.54, 1.807) is 0 Å². The van der Waals surface area contributed by atoms with E-state index in [1.165, 1.54) is 5.56 Å². The minimum atomic E-state index is -0.00810. The van der Waals surface area contributed by atoms with Crippen LogP contribution in [0.5, 0.6) is 0 Å².